The molecule has 0 aliphatic rings. The zero-order valence-corrected chi connectivity index (χ0v) is 11.2. The van der Waals surface area contributed by atoms with Crippen LogP contribution in [0.2, 0.25) is 0 Å². The van der Waals surface area contributed by atoms with Crippen LogP contribution in [0, 0.1) is 10.1 Å². The number of allylic oxidation sites excluding steroid dienone is 1. The summed E-state index contributed by atoms with van der Waals surface area (Å²) >= 11 is 0. The Hall–Kier alpha value is -2.95. The van der Waals surface area contributed by atoms with E-state index in [4.69, 9.17) is 0 Å². The van der Waals surface area contributed by atoms with E-state index in [9.17, 15) is 10.1 Å². The van der Waals surface area contributed by atoms with Gasteiger partial charge < -0.3 is 4.40 Å². The maximum Gasteiger partial charge on any atom is 0.252 e. The minimum absolute atomic E-state index is 0.129. The number of hydrogen-bond acceptors (Lipinski definition) is 3. The van der Waals surface area contributed by atoms with Crippen LogP contribution in [0.1, 0.15) is 11.3 Å². The van der Waals surface area contributed by atoms with Gasteiger partial charge in [-0.25, -0.2) is 4.98 Å². The highest BCUT2D eigenvalue weighted by molar-refractivity contribution is 5.53. The van der Waals surface area contributed by atoms with Gasteiger partial charge in [0.05, 0.1) is 17.0 Å². The second kappa shape index (κ2) is 5.58. The van der Waals surface area contributed by atoms with Gasteiger partial charge in [0.15, 0.2) is 0 Å². The van der Waals surface area contributed by atoms with E-state index in [-0.39, 0.29) is 17.0 Å². The van der Waals surface area contributed by atoms with Crippen LogP contribution in [0.4, 0.5) is 0 Å². The molecule has 21 heavy (non-hydrogen) atoms. The molecule has 5 heteroatoms. The van der Waals surface area contributed by atoms with E-state index in [0.717, 1.165) is 11.2 Å². The Morgan fingerprint density at radius 2 is 1.95 bits per heavy atom. The number of imidazole rings is 1. The molecular weight excluding hydrogens is 266 g/mol. The summed E-state index contributed by atoms with van der Waals surface area (Å²) in [6, 6.07) is 15.0. The fourth-order valence-corrected chi connectivity index (χ4v) is 2.17. The van der Waals surface area contributed by atoms with Gasteiger partial charge >= 0.3 is 0 Å². The van der Waals surface area contributed by atoms with Crippen molar-refractivity contribution in [2.24, 2.45) is 0 Å². The summed E-state index contributed by atoms with van der Waals surface area (Å²) < 4.78 is 1.84. The Bertz CT molecular complexity index is 774. The Morgan fingerprint density at radius 1 is 1.19 bits per heavy atom. The molecule has 0 N–H and O–H groups in total. The van der Waals surface area contributed by atoms with Crippen molar-refractivity contribution in [2.75, 3.05) is 0 Å². The van der Waals surface area contributed by atoms with Crippen molar-refractivity contribution in [3.63, 3.8) is 0 Å². The number of nitro groups is 1. The van der Waals surface area contributed by atoms with Gasteiger partial charge in [-0.2, -0.15) is 0 Å². The van der Waals surface area contributed by atoms with Gasteiger partial charge in [0.25, 0.3) is 5.70 Å². The van der Waals surface area contributed by atoms with E-state index in [2.05, 4.69) is 4.98 Å². The molecule has 0 radical (unpaired) electrons. The molecule has 0 bridgehead atoms. The third-order valence-electron chi connectivity index (χ3n) is 3.16. The van der Waals surface area contributed by atoms with Crippen LogP contribution >= 0.6 is 0 Å². The maximum absolute atomic E-state index is 11.2. The molecule has 104 valence electrons. The molecule has 0 spiro atoms. The first kappa shape index (κ1) is 13.1. The Morgan fingerprint density at radius 3 is 2.67 bits per heavy atom. The highest BCUT2D eigenvalue weighted by Crippen LogP contribution is 2.13. The quantitative estimate of drug-likeness (QED) is 0.544. The number of aromatic nitrogens is 2. The summed E-state index contributed by atoms with van der Waals surface area (Å²) in [5.41, 5.74) is 2.39. The average molecular weight is 279 g/mol. The first-order valence-corrected chi connectivity index (χ1v) is 6.55. The molecule has 0 fully saturated rings. The molecule has 0 saturated heterocycles. The monoisotopic (exact) mass is 279 g/mol. The molecule has 5 nitrogen and oxygen atoms in total. The summed E-state index contributed by atoms with van der Waals surface area (Å²) in [4.78, 5) is 15.2. The molecule has 3 rings (SSSR count). The topological polar surface area (TPSA) is 60.4 Å². The summed E-state index contributed by atoms with van der Waals surface area (Å²) in [6.45, 7) is 0. The molecule has 2 aromatic heterocycles. The van der Waals surface area contributed by atoms with Gasteiger partial charge in [-0.1, -0.05) is 36.4 Å². The summed E-state index contributed by atoms with van der Waals surface area (Å²) in [7, 11) is 0. The number of rotatable bonds is 4. The predicted molar refractivity (Wildman–Crippen MR) is 80.3 cm³/mol. The van der Waals surface area contributed by atoms with Crippen molar-refractivity contribution in [1.82, 2.24) is 9.38 Å². The predicted octanol–water partition coefficient (Wildman–Crippen LogP) is 3.19. The standard InChI is InChI=1S/C16H13N3O2/c20-19(21)15(10-13-6-2-1-3-7-13)11-14-12-18-9-5-4-8-16(18)17-14/h1-9,11-12H,10H2. The van der Waals surface area contributed by atoms with E-state index in [1.807, 2.05) is 59.1 Å². The number of nitrogens with zero attached hydrogens (tertiary/aromatic N) is 3. The van der Waals surface area contributed by atoms with E-state index in [1.165, 1.54) is 6.08 Å². The molecule has 0 aliphatic carbocycles. The van der Waals surface area contributed by atoms with E-state index in [1.54, 1.807) is 6.20 Å². The van der Waals surface area contributed by atoms with Gasteiger partial charge in [-0.05, 0) is 17.7 Å². The van der Waals surface area contributed by atoms with Crippen LogP contribution < -0.4 is 0 Å². The zero-order chi connectivity index (χ0) is 14.7. The SMILES string of the molecule is O=[N+]([O-])C(=Cc1cn2ccccc2n1)Cc1ccccc1. The van der Waals surface area contributed by atoms with Crippen molar-refractivity contribution >= 4 is 11.7 Å². The van der Waals surface area contributed by atoms with Gasteiger partial charge in [-0.3, -0.25) is 10.1 Å². The number of pyridine rings is 1. The summed E-state index contributed by atoms with van der Waals surface area (Å²) in [5.74, 6) is 0. The lowest BCUT2D eigenvalue weighted by Gasteiger charge is -1.98. The first-order chi connectivity index (χ1) is 10.2. The molecule has 0 amide bonds. The van der Waals surface area contributed by atoms with E-state index < -0.39 is 0 Å². The number of benzene rings is 1. The molecule has 0 unspecified atom stereocenters. The van der Waals surface area contributed by atoms with Crippen molar-refractivity contribution in [1.29, 1.82) is 0 Å². The fraction of sp³-hybridized carbons (Fsp3) is 0.0625. The van der Waals surface area contributed by atoms with Crippen LogP contribution in [0.5, 0.6) is 0 Å². The van der Waals surface area contributed by atoms with E-state index >= 15 is 0 Å². The Balaban J connectivity index is 1.94. The summed E-state index contributed by atoms with van der Waals surface area (Å²) in [5, 5.41) is 11.2. The van der Waals surface area contributed by atoms with Gasteiger partial charge in [-0.15, -0.1) is 0 Å². The lowest BCUT2D eigenvalue weighted by Crippen LogP contribution is -2.02. The van der Waals surface area contributed by atoms with Crippen LogP contribution in [-0.4, -0.2) is 14.3 Å². The second-order valence-corrected chi connectivity index (χ2v) is 4.69. The van der Waals surface area contributed by atoms with Crippen LogP contribution in [0.25, 0.3) is 11.7 Å². The Labute approximate surface area is 121 Å². The lowest BCUT2D eigenvalue weighted by atomic mass is 10.1. The smallest absolute Gasteiger partial charge is 0.252 e. The highest BCUT2D eigenvalue weighted by atomic mass is 16.6. The molecule has 0 atom stereocenters. The first-order valence-electron chi connectivity index (χ1n) is 6.55. The molecule has 1 aromatic carbocycles. The molecule has 2 heterocycles. The summed E-state index contributed by atoms with van der Waals surface area (Å²) in [6.07, 6.45) is 5.45. The minimum atomic E-state index is -0.350. The average Bonchev–Trinajstić information content (AvgIpc) is 2.90. The largest absolute Gasteiger partial charge is 0.306 e. The Kier molecular flexibility index (Phi) is 3.47. The maximum atomic E-state index is 11.2. The molecule has 3 aromatic rings. The molecular formula is C16H13N3O2. The van der Waals surface area contributed by atoms with Crippen LogP contribution in [0.3, 0.4) is 0 Å². The van der Waals surface area contributed by atoms with Gasteiger partial charge in [0.2, 0.25) is 0 Å². The van der Waals surface area contributed by atoms with Gasteiger partial charge in [0, 0.05) is 18.5 Å². The zero-order valence-electron chi connectivity index (χ0n) is 11.2. The highest BCUT2D eigenvalue weighted by Gasteiger charge is 2.13. The normalized spacial score (nSPS) is 11.7. The number of hydrogen-bond donors (Lipinski definition) is 0. The second-order valence-electron chi connectivity index (χ2n) is 4.69. The fourth-order valence-electron chi connectivity index (χ4n) is 2.17. The third-order valence-corrected chi connectivity index (χ3v) is 3.16. The lowest BCUT2D eigenvalue weighted by molar-refractivity contribution is -0.425. The van der Waals surface area contributed by atoms with Crippen LogP contribution in [-0.2, 0) is 6.42 Å². The molecule has 0 aliphatic heterocycles. The minimum Gasteiger partial charge on any atom is -0.306 e. The van der Waals surface area contributed by atoms with Crippen molar-refractivity contribution in [3.05, 3.63) is 88.0 Å². The molecule has 0 saturated carbocycles. The van der Waals surface area contributed by atoms with E-state index in [0.29, 0.717) is 5.69 Å². The van der Waals surface area contributed by atoms with Crippen molar-refractivity contribution in [2.45, 2.75) is 6.42 Å². The van der Waals surface area contributed by atoms with Gasteiger partial charge in [0.1, 0.15) is 5.65 Å². The van der Waals surface area contributed by atoms with Crippen LogP contribution in [0.15, 0.2) is 66.6 Å². The van der Waals surface area contributed by atoms with Crippen molar-refractivity contribution < 1.29 is 4.92 Å². The number of fused-ring (bicyclic) bond motifs is 1. The van der Waals surface area contributed by atoms with Crippen molar-refractivity contribution in [3.8, 4) is 0 Å². The third kappa shape index (κ3) is 2.97.